The number of piperazine rings is 1. The number of rotatable bonds is 4. The molecule has 0 bridgehead atoms. The van der Waals surface area contributed by atoms with Crippen LogP contribution in [0.1, 0.15) is 19.3 Å². The molecule has 6 nitrogen and oxygen atoms in total. The monoisotopic (exact) mass is 266 g/mol. The molecule has 2 atom stereocenters. The van der Waals surface area contributed by atoms with Crippen molar-refractivity contribution in [3.05, 3.63) is 0 Å². The Hall–Kier alpha value is -1.16. The first-order chi connectivity index (χ1) is 9.24. The summed E-state index contributed by atoms with van der Waals surface area (Å²) < 4.78 is 5.64. The molecule has 19 heavy (non-hydrogen) atoms. The molecule has 106 valence electrons. The summed E-state index contributed by atoms with van der Waals surface area (Å²) in [4.78, 5) is 16.4. The minimum absolute atomic E-state index is 0.0471. The maximum Gasteiger partial charge on any atom is 0.251 e. The van der Waals surface area contributed by atoms with Crippen LogP contribution in [0.2, 0.25) is 0 Å². The average Bonchev–Trinajstić information content (AvgIpc) is 2.94. The summed E-state index contributed by atoms with van der Waals surface area (Å²) in [5, 5.41) is 8.56. The number of carbonyl (C=O) groups is 1. The fraction of sp³-hybridized carbons (Fsp3) is 0.846. The number of amides is 1. The Morgan fingerprint density at radius 2 is 2.05 bits per heavy atom. The van der Waals surface area contributed by atoms with Crippen molar-refractivity contribution in [3.8, 4) is 6.07 Å². The predicted octanol–water partition coefficient (Wildman–Crippen LogP) is -0.449. The fourth-order valence-electron chi connectivity index (χ4n) is 2.66. The van der Waals surface area contributed by atoms with Crippen molar-refractivity contribution in [2.24, 2.45) is 5.73 Å². The summed E-state index contributed by atoms with van der Waals surface area (Å²) in [5.74, 6) is 0.107. The van der Waals surface area contributed by atoms with Gasteiger partial charge in [-0.1, -0.05) is 0 Å². The van der Waals surface area contributed by atoms with E-state index in [-0.39, 0.29) is 18.1 Å². The number of nitrogens with zero attached hydrogens (tertiary/aromatic N) is 3. The lowest BCUT2D eigenvalue weighted by atomic mass is 10.1. The van der Waals surface area contributed by atoms with Gasteiger partial charge in [-0.15, -0.1) is 0 Å². The van der Waals surface area contributed by atoms with E-state index in [1.165, 1.54) is 0 Å². The van der Waals surface area contributed by atoms with Crippen LogP contribution in [0.15, 0.2) is 0 Å². The van der Waals surface area contributed by atoms with Crippen molar-refractivity contribution in [1.29, 1.82) is 5.26 Å². The van der Waals surface area contributed by atoms with Gasteiger partial charge in [0.25, 0.3) is 5.91 Å². The molecule has 0 spiro atoms. The molecule has 0 saturated carbocycles. The van der Waals surface area contributed by atoms with E-state index in [4.69, 9.17) is 15.7 Å². The minimum Gasteiger partial charge on any atom is -0.364 e. The van der Waals surface area contributed by atoms with Crippen molar-refractivity contribution in [3.63, 3.8) is 0 Å². The van der Waals surface area contributed by atoms with Gasteiger partial charge in [0.2, 0.25) is 0 Å². The topological polar surface area (TPSA) is 82.6 Å². The first-order valence-electron chi connectivity index (χ1n) is 6.98. The normalized spacial score (nSPS) is 28.3. The fourth-order valence-corrected chi connectivity index (χ4v) is 2.66. The van der Waals surface area contributed by atoms with Crippen LogP contribution >= 0.6 is 0 Å². The van der Waals surface area contributed by atoms with Gasteiger partial charge < -0.3 is 15.4 Å². The smallest absolute Gasteiger partial charge is 0.251 e. The lowest BCUT2D eigenvalue weighted by molar-refractivity contribution is -0.144. The van der Waals surface area contributed by atoms with Crippen molar-refractivity contribution < 1.29 is 9.53 Å². The molecule has 2 saturated heterocycles. The minimum atomic E-state index is -0.292. The molecular weight excluding hydrogens is 244 g/mol. The highest BCUT2D eigenvalue weighted by Gasteiger charge is 2.33. The summed E-state index contributed by atoms with van der Waals surface area (Å²) in [6.45, 7) is 4.45. The summed E-state index contributed by atoms with van der Waals surface area (Å²) in [7, 11) is 0. The summed E-state index contributed by atoms with van der Waals surface area (Å²) in [6.07, 6.45) is 1.98. The van der Waals surface area contributed by atoms with Gasteiger partial charge >= 0.3 is 0 Å². The number of hydrogen-bond acceptors (Lipinski definition) is 5. The Morgan fingerprint density at radius 3 is 2.63 bits per heavy atom. The van der Waals surface area contributed by atoms with Crippen LogP contribution < -0.4 is 5.73 Å². The van der Waals surface area contributed by atoms with E-state index in [9.17, 15) is 4.79 Å². The molecule has 1 amide bonds. The quantitative estimate of drug-likeness (QED) is 0.745. The molecule has 2 rings (SSSR count). The third-order valence-electron chi connectivity index (χ3n) is 3.87. The third-order valence-corrected chi connectivity index (χ3v) is 3.87. The lowest BCUT2D eigenvalue weighted by Gasteiger charge is -2.35. The SMILES string of the molecule is N#CCCN1CCN(C(=O)C2CCC(CN)O2)CC1. The van der Waals surface area contributed by atoms with Crippen LogP contribution in [0, 0.1) is 11.3 Å². The Bertz CT molecular complexity index is 347. The highest BCUT2D eigenvalue weighted by Crippen LogP contribution is 2.21. The van der Waals surface area contributed by atoms with Crippen LogP contribution in [0.25, 0.3) is 0 Å². The van der Waals surface area contributed by atoms with Gasteiger partial charge in [0.05, 0.1) is 12.2 Å². The van der Waals surface area contributed by atoms with E-state index >= 15 is 0 Å². The molecular formula is C13H22N4O2. The average molecular weight is 266 g/mol. The van der Waals surface area contributed by atoms with E-state index in [0.717, 1.165) is 45.6 Å². The summed E-state index contributed by atoms with van der Waals surface area (Å²) in [5.41, 5.74) is 5.56. The zero-order valence-electron chi connectivity index (χ0n) is 11.3. The molecule has 6 heteroatoms. The van der Waals surface area contributed by atoms with Crippen molar-refractivity contribution >= 4 is 5.91 Å². The van der Waals surface area contributed by atoms with Gasteiger partial charge in [-0.2, -0.15) is 5.26 Å². The molecule has 0 aliphatic carbocycles. The molecule has 0 aromatic heterocycles. The molecule has 2 aliphatic heterocycles. The van der Waals surface area contributed by atoms with Crippen LogP contribution in [-0.4, -0.2) is 67.2 Å². The summed E-state index contributed by atoms with van der Waals surface area (Å²) >= 11 is 0. The molecule has 2 unspecified atom stereocenters. The number of ether oxygens (including phenoxy) is 1. The highest BCUT2D eigenvalue weighted by atomic mass is 16.5. The second kappa shape index (κ2) is 6.85. The molecule has 0 aromatic rings. The zero-order valence-corrected chi connectivity index (χ0v) is 11.3. The van der Waals surface area contributed by atoms with Gasteiger partial charge in [-0.3, -0.25) is 9.69 Å². The molecule has 2 N–H and O–H groups in total. The van der Waals surface area contributed by atoms with Crippen LogP contribution in [-0.2, 0) is 9.53 Å². The highest BCUT2D eigenvalue weighted by molar-refractivity contribution is 5.81. The van der Waals surface area contributed by atoms with Crippen LogP contribution in [0.3, 0.4) is 0 Å². The Balaban J connectivity index is 1.75. The first-order valence-corrected chi connectivity index (χ1v) is 6.98. The second-order valence-electron chi connectivity index (χ2n) is 5.13. The number of carbonyl (C=O) groups excluding carboxylic acids is 1. The third kappa shape index (κ3) is 3.66. The zero-order chi connectivity index (χ0) is 13.7. The van der Waals surface area contributed by atoms with E-state index in [1.54, 1.807) is 0 Å². The lowest BCUT2D eigenvalue weighted by Crippen LogP contribution is -2.51. The second-order valence-corrected chi connectivity index (χ2v) is 5.13. The largest absolute Gasteiger partial charge is 0.364 e. The maximum absolute atomic E-state index is 12.3. The number of nitrogens with two attached hydrogens (primary N) is 1. The van der Waals surface area contributed by atoms with E-state index in [2.05, 4.69) is 11.0 Å². The maximum atomic E-state index is 12.3. The van der Waals surface area contributed by atoms with Gasteiger partial charge in [0.1, 0.15) is 6.10 Å². The Morgan fingerprint density at radius 1 is 1.32 bits per heavy atom. The number of hydrogen-bond donors (Lipinski definition) is 1. The van der Waals surface area contributed by atoms with E-state index in [0.29, 0.717) is 13.0 Å². The van der Waals surface area contributed by atoms with Gasteiger partial charge in [0, 0.05) is 45.7 Å². The van der Waals surface area contributed by atoms with Gasteiger partial charge in [-0.05, 0) is 12.8 Å². The molecule has 0 radical (unpaired) electrons. The van der Waals surface area contributed by atoms with Gasteiger partial charge in [-0.25, -0.2) is 0 Å². The molecule has 2 heterocycles. The number of nitriles is 1. The first kappa shape index (κ1) is 14.3. The van der Waals surface area contributed by atoms with Crippen LogP contribution in [0.5, 0.6) is 0 Å². The molecule has 0 aromatic carbocycles. The van der Waals surface area contributed by atoms with Crippen molar-refractivity contribution in [2.45, 2.75) is 31.5 Å². The van der Waals surface area contributed by atoms with E-state index in [1.807, 2.05) is 4.90 Å². The van der Waals surface area contributed by atoms with Crippen molar-refractivity contribution in [2.75, 3.05) is 39.3 Å². The molecule has 2 fully saturated rings. The van der Waals surface area contributed by atoms with E-state index < -0.39 is 0 Å². The summed E-state index contributed by atoms with van der Waals surface area (Å²) in [6, 6.07) is 2.15. The standard InChI is InChI=1S/C13H22N4O2/c14-4-1-5-16-6-8-17(9-7-16)13(18)12-3-2-11(10-15)19-12/h11-12H,1-3,5-10,15H2. The van der Waals surface area contributed by atoms with Crippen molar-refractivity contribution in [1.82, 2.24) is 9.80 Å². The Kier molecular flexibility index (Phi) is 5.14. The Labute approximate surface area is 114 Å². The predicted molar refractivity (Wildman–Crippen MR) is 70.2 cm³/mol. The van der Waals surface area contributed by atoms with Gasteiger partial charge in [0.15, 0.2) is 0 Å². The molecule has 2 aliphatic rings. The van der Waals surface area contributed by atoms with Crippen LogP contribution in [0.4, 0.5) is 0 Å².